The number of nitrogens with one attached hydrogen (secondary N) is 2. The van der Waals surface area contributed by atoms with Crippen LogP contribution < -0.4 is 10.1 Å². The molecule has 0 aliphatic rings. The molecule has 2 aromatic rings. The molecule has 0 spiro atoms. The zero-order chi connectivity index (χ0) is 13.8. The number of imidazole rings is 1. The van der Waals surface area contributed by atoms with Crippen LogP contribution in [0.2, 0.25) is 5.02 Å². The lowest BCUT2D eigenvalue weighted by molar-refractivity contribution is -0.0498. The molecule has 0 amide bonds. The molecule has 0 radical (unpaired) electrons. The van der Waals surface area contributed by atoms with Crippen LogP contribution in [0.25, 0.3) is 0 Å². The summed E-state index contributed by atoms with van der Waals surface area (Å²) >= 11 is 9.02. The average molecular weight is 353 g/mol. The topological polar surface area (TPSA) is 49.9 Å². The molecule has 2 N–H and O–H groups in total. The van der Waals surface area contributed by atoms with Crippen molar-refractivity contribution in [2.45, 2.75) is 13.2 Å². The summed E-state index contributed by atoms with van der Waals surface area (Å²) in [7, 11) is 0. The molecule has 19 heavy (non-hydrogen) atoms. The number of aromatic nitrogens is 2. The van der Waals surface area contributed by atoms with E-state index in [4.69, 9.17) is 11.6 Å². The number of halogens is 4. The Morgan fingerprint density at radius 3 is 2.89 bits per heavy atom. The van der Waals surface area contributed by atoms with Crippen molar-refractivity contribution in [3.05, 3.63) is 39.8 Å². The molecule has 4 nitrogen and oxygen atoms in total. The van der Waals surface area contributed by atoms with Gasteiger partial charge >= 0.3 is 6.61 Å². The molecule has 1 aromatic carbocycles. The molecular formula is C11H9BrClF2N3O. The molecule has 0 fully saturated rings. The number of rotatable bonds is 5. The van der Waals surface area contributed by atoms with E-state index in [9.17, 15) is 8.78 Å². The number of hydrogen-bond donors (Lipinski definition) is 2. The molecule has 0 atom stereocenters. The molecule has 0 saturated heterocycles. The van der Waals surface area contributed by atoms with Gasteiger partial charge in [-0.15, -0.1) is 0 Å². The first kappa shape index (κ1) is 14.1. The maximum atomic E-state index is 12.4. The highest BCUT2D eigenvalue weighted by molar-refractivity contribution is 9.10. The van der Waals surface area contributed by atoms with Gasteiger partial charge < -0.3 is 15.0 Å². The van der Waals surface area contributed by atoms with Crippen LogP contribution in [0.3, 0.4) is 0 Å². The molecule has 1 heterocycles. The first-order valence-corrected chi connectivity index (χ1v) is 6.39. The fourth-order valence-electron chi connectivity index (χ4n) is 1.47. The molecule has 0 unspecified atom stereocenters. The van der Waals surface area contributed by atoms with Gasteiger partial charge in [0.15, 0.2) is 5.75 Å². The predicted molar refractivity (Wildman–Crippen MR) is 71.7 cm³/mol. The van der Waals surface area contributed by atoms with Crippen LogP contribution >= 0.6 is 27.5 Å². The third-order valence-corrected chi connectivity index (χ3v) is 3.02. The SMILES string of the molecule is FC(F)Oc1c(Br)cc(Cl)cc1NCc1ncc[nH]1. The number of ether oxygens (including phenoxy) is 1. The quantitative estimate of drug-likeness (QED) is 0.854. The fourth-order valence-corrected chi connectivity index (χ4v) is 2.38. The van der Waals surface area contributed by atoms with Gasteiger partial charge in [-0.2, -0.15) is 8.78 Å². The summed E-state index contributed by atoms with van der Waals surface area (Å²) in [4.78, 5) is 6.90. The first-order chi connectivity index (χ1) is 9.06. The smallest absolute Gasteiger partial charge is 0.387 e. The molecular weight excluding hydrogens is 343 g/mol. The Morgan fingerprint density at radius 2 is 2.26 bits per heavy atom. The molecule has 0 aliphatic heterocycles. The van der Waals surface area contributed by atoms with E-state index in [1.165, 1.54) is 12.1 Å². The normalized spacial score (nSPS) is 10.8. The van der Waals surface area contributed by atoms with E-state index >= 15 is 0 Å². The van der Waals surface area contributed by atoms with Crippen LogP contribution in [-0.2, 0) is 6.54 Å². The predicted octanol–water partition coefficient (Wildman–Crippen LogP) is 4.04. The van der Waals surface area contributed by atoms with Crippen LogP contribution in [0.15, 0.2) is 29.0 Å². The molecule has 8 heteroatoms. The van der Waals surface area contributed by atoms with Gasteiger partial charge in [0.05, 0.1) is 16.7 Å². The average Bonchev–Trinajstić information content (AvgIpc) is 2.83. The maximum absolute atomic E-state index is 12.4. The number of H-pyrrole nitrogens is 1. The third-order valence-electron chi connectivity index (χ3n) is 2.22. The summed E-state index contributed by atoms with van der Waals surface area (Å²) in [6.07, 6.45) is 3.27. The number of anilines is 1. The second-order valence-electron chi connectivity index (χ2n) is 3.53. The first-order valence-electron chi connectivity index (χ1n) is 5.22. The molecule has 102 valence electrons. The van der Waals surface area contributed by atoms with E-state index < -0.39 is 6.61 Å². The third kappa shape index (κ3) is 3.81. The van der Waals surface area contributed by atoms with Crippen LogP contribution in [0.5, 0.6) is 5.75 Å². The lowest BCUT2D eigenvalue weighted by Crippen LogP contribution is -2.08. The monoisotopic (exact) mass is 351 g/mol. The summed E-state index contributed by atoms with van der Waals surface area (Å²) < 4.78 is 29.6. The Labute approximate surface area is 121 Å². The van der Waals surface area contributed by atoms with E-state index in [1.807, 2.05) is 0 Å². The summed E-state index contributed by atoms with van der Waals surface area (Å²) in [6, 6.07) is 2.99. The number of benzene rings is 1. The second kappa shape index (κ2) is 6.21. The van der Waals surface area contributed by atoms with Gasteiger partial charge in [0.1, 0.15) is 5.82 Å². The van der Waals surface area contributed by atoms with Crippen LogP contribution in [0.1, 0.15) is 5.82 Å². The lowest BCUT2D eigenvalue weighted by Gasteiger charge is -2.14. The summed E-state index contributed by atoms with van der Waals surface area (Å²) in [6.45, 7) is -2.58. The van der Waals surface area contributed by atoms with Gasteiger partial charge in [-0.1, -0.05) is 11.6 Å². The number of nitrogens with zero attached hydrogens (tertiary/aromatic N) is 1. The van der Waals surface area contributed by atoms with Crippen LogP contribution in [0, 0.1) is 0 Å². The van der Waals surface area contributed by atoms with Gasteiger partial charge in [0.2, 0.25) is 0 Å². The molecule has 1 aromatic heterocycles. The van der Waals surface area contributed by atoms with Gasteiger partial charge in [0.25, 0.3) is 0 Å². The second-order valence-corrected chi connectivity index (χ2v) is 4.82. The number of alkyl halides is 2. The summed E-state index contributed by atoms with van der Waals surface area (Å²) in [5, 5.41) is 3.33. The minimum absolute atomic E-state index is 0.00551. The molecule has 0 bridgehead atoms. The number of aromatic amines is 1. The van der Waals surface area contributed by atoms with E-state index in [0.29, 0.717) is 27.6 Å². The Balaban J connectivity index is 2.21. The van der Waals surface area contributed by atoms with Crippen molar-refractivity contribution in [1.29, 1.82) is 0 Å². The van der Waals surface area contributed by atoms with Crippen molar-refractivity contribution in [1.82, 2.24) is 9.97 Å². The highest BCUT2D eigenvalue weighted by Crippen LogP contribution is 2.37. The zero-order valence-electron chi connectivity index (χ0n) is 9.46. The van der Waals surface area contributed by atoms with Crippen LogP contribution in [0.4, 0.5) is 14.5 Å². The van der Waals surface area contributed by atoms with Crippen molar-refractivity contribution in [3.63, 3.8) is 0 Å². The highest BCUT2D eigenvalue weighted by atomic mass is 79.9. The molecule has 2 rings (SSSR count). The Hall–Kier alpha value is -1.34. The summed E-state index contributed by atoms with van der Waals surface area (Å²) in [5.74, 6) is 0.671. The highest BCUT2D eigenvalue weighted by Gasteiger charge is 2.15. The van der Waals surface area contributed by atoms with Crippen molar-refractivity contribution in [3.8, 4) is 5.75 Å². The van der Waals surface area contributed by atoms with Crippen molar-refractivity contribution in [2.24, 2.45) is 0 Å². The van der Waals surface area contributed by atoms with Gasteiger partial charge in [-0.25, -0.2) is 4.98 Å². The van der Waals surface area contributed by atoms with Gasteiger partial charge in [0, 0.05) is 17.4 Å². The zero-order valence-corrected chi connectivity index (χ0v) is 11.8. The Bertz CT molecular complexity index is 551. The fraction of sp³-hybridized carbons (Fsp3) is 0.182. The molecule has 0 aliphatic carbocycles. The van der Waals surface area contributed by atoms with Crippen molar-refractivity contribution < 1.29 is 13.5 Å². The van der Waals surface area contributed by atoms with Gasteiger partial charge in [-0.05, 0) is 28.1 Å². The van der Waals surface area contributed by atoms with E-state index in [2.05, 4.69) is 36.0 Å². The minimum atomic E-state index is -2.92. The van der Waals surface area contributed by atoms with E-state index in [0.717, 1.165) is 0 Å². The molecule has 0 saturated carbocycles. The standard InChI is InChI=1S/C11H9BrClF2N3O/c12-7-3-6(13)4-8(10(7)19-11(14)15)18-5-9-16-1-2-17-9/h1-4,11,18H,5H2,(H,16,17). The number of hydrogen-bond acceptors (Lipinski definition) is 3. The summed E-state index contributed by atoms with van der Waals surface area (Å²) in [5.41, 5.74) is 0.357. The Morgan fingerprint density at radius 1 is 1.47 bits per heavy atom. The van der Waals surface area contributed by atoms with E-state index in [1.54, 1.807) is 12.4 Å². The maximum Gasteiger partial charge on any atom is 0.387 e. The van der Waals surface area contributed by atoms with Crippen molar-refractivity contribution in [2.75, 3.05) is 5.32 Å². The van der Waals surface area contributed by atoms with E-state index in [-0.39, 0.29) is 5.75 Å². The van der Waals surface area contributed by atoms with Gasteiger partial charge in [-0.3, -0.25) is 0 Å². The van der Waals surface area contributed by atoms with Crippen LogP contribution in [-0.4, -0.2) is 16.6 Å². The van der Waals surface area contributed by atoms with Crippen molar-refractivity contribution >= 4 is 33.2 Å². The Kier molecular flexibility index (Phi) is 4.60. The largest absolute Gasteiger partial charge is 0.431 e. The minimum Gasteiger partial charge on any atom is -0.431 e. The lowest BCUT2D eigenvalue weighted by atomic mass is 10.3.